The second-order valence-corrected chi connectivity index (χ2v) is 7.91. The Morgan fingerprint density at radius 3 is 2.29 bits per heavy atom. The molecule has 4 rings (SSSR count). The summed E-state index contributed by atoms with van der Waals surface area (Å²) in [6.45, 7) is 3.63. The normalized spacial score (nSPS) is 30.4. The summed E-state index contributed by atoms with van der Waals surface area (Å²) in [5.74, 6) is -2.20. The van der Waals surface area contributed by atoms with Gasteiger partial charge >= 0.3 is 0 Å². The maximum absolute atomic E-state index is 10.3. The van der Waals surface area contributed by atoms with Gasteiger partial charge < -0.3 is 14.2 Å². The molecule has 4 atom stereocenters. The zero-order valence-electron chi connectivity index (χ0n) is 17.3. The van der Waals surface area contributed by atoms with Gasteiger partial charge in [-0.05, 0) is 24.6 Å². The van der Waals surface area contributed by atoms with Crippen LogP contribution in [0.4, 0.5) is 0 Å². The number of nitriles is 3. The molecule has 7 heteroatoms. The van der Waals surface area contributed by atoms with Crippen LogP contribution >= 0.6 is 0 Å². The average Bonchev–Trinajstić information content (AvgIpc) is 2.96. The summed E-state index contributed by atoms with van der Waals surface area (Å²) < 4.78 is 17.8. The molecule has 2 aromatic carbocycles. The number of hydrogen-bond donors (Lipinski definition) is 1. The number of rotatable bonds is 3. The first-order valence-corrected chi connectivity index (χ1v) is 9.76. The van der Waals surface area contributed by atoms with Crippen molar-refractivity contribution in [3.63, 3.8) is 0 Å². The number of fused-ring (bicyclic) bond motifs is 2. The van der Waals surface area contributed by atoms with E-state index in [-0.39, 0.29) is 0 Å². The van der Waals surface area contributed by atoms with E-state index in [1.807, 2.05) is 43.3 Å². The highest BCUT2D eigenvalue weighted by atomic mass is 16.7. The molecule has 31 heavy (non-hydrogen) atoms. The lowest BCUT2D eigenvalue weighted by Crippen LogP contribution is -2.57. The van der Waals surface area contributed by atoms with Crippen LogP contribution in [0.5, 0.6) is 5.75 Å². The van der Waals surface area contributed by atoms with Gasteiger partial charge in [-0.1, -0.05) is 48.9 Å². The van der Waals surface area contributed by atoms with E-state index >= 15 is 0 Å². The Balaban J connectivity index is 2.03. The first-order chi connectivity index (χ1) is 14.8. The van der Waals surface area contributed by atoms with Crippen LogP contribution in [0.15, 0.2) is 48.5 Å². The second kappa shape index (κ2) is 6.84. The van der Waals surface area contributed by atoms with Gasteiger partial charge in [-0.2, -0.15) is 15.8 Å². The van der Waals surface area contributed by atoms with Crippen molar-refractivity contribution < 1.29 is 14.2 Å². The molecule has 0 aromatic heterocycles. The van der Waals surface area contributed by atoms with E-state index in [1.165, 1.54) is 7.11 Å². The van der Waals surface area contributed by atoms with Crippen LogP contribution in [0.25, 0.3) is 0 Å². The van der Waals surface area contributed by atoms with Crippen LogP contribution in [-0.2, 0) is 15.3 Å². The zero-order chi connectivity index (χ0) is 22.4. The summed E-state index contributed by atoms with van der Waals surface area (Å²) in [5, 5.41) is 39.4. The third-order valence-electron chi connectivity index (χ3n) is 6.52. The van der Waals surface area contributed by atoms with Crippen LogP contribution in [0.3, 0.4) is 0 Å². The van der Waals surface area contributed by atoms with Crippen molar-refractivity contribution in [1.82, 2.24) is 0 Å². The molecule has 0 spiro atoms. The number of nitrogens with one attached hydrogen (secondary N) is 1. The van der Waals surface area contributed by atoms with Crippen LogP contribution in [0.2, 0.25) is 0 Å². The molecule has 2 fully saturated rings. The van der Waals surface area contributed by atoms with Crippen molar-refractivity contribution in [2.45, 2.75) is 25.7 Å². The Morgan fingerprint density at radius 1 is 1.03 bits per heavy atom. The average molecular weight is 412 g/mol. The van der Waals surface area contributed by atoms with Gasteiger partial charge in [0, 0.05) is 5.56 Å². The number of benzene rings is 2. The Bertz CT molecular complexity index is 1170. The maximum Gasteiger partial charge on any atom is 0.244 e. The molecule has 2 aliphatic heterocycles. The summed E-state index contributed by atoms with van der Waals surface area (Å²) >= 11 is 0. The fourth-order valence-electron chi connectivity index (χ4n) is 4.76. The fourth-order valence-corrected chi connectivity index (χ4v) is 4.76. The first kappa shape index (κ1) is 20.4. The molecule has 4 unspecified atom stereocenters. The van der Waals surface area contributed by atoms with Gasteiger partial charge in [-0.3, -0.25) is 5.41 Å². The smallest absolute Gasteiger partial charge is 0.244 e. The van der Waals surface area contributed by atoms with E-state index in [2.05, 4.69) is 6.07 Å². The van der Waals surface area contributed by atoms with Gasteiger partial charge in [0.2, 0.25) is 17.1 Å². The quantitative estimate of drug-likeness (QED) is 0.809. The molecular weight excluding hydrogens is 392 g/mol. The van der Waals surface area contributed by atoms with Crippen molar-refractivity contribution in [1.29, 1.82) is 21.2 Å². The van der Waals surface area contributed by atoms with Gasteiger partial charge in [0.05, 0.1) is 31.2 Å². The summed E-state index contributed by atoms with van der Waals surface area (Å²) in [6, 6.07) is 20.5. The number of aryl methyl sites for hydroxylation is 1. The molecule has 1 N–H and O–H groups in total. The van der Waals surface area contributed by atoms with Crippen LogP contribution in [-0.4, -0.2) is 13.0 Å². The largest absolute Gasteiger partial charge is 0.497 e. The van der Waals surface area contributed by atoms with Crippen molar-refractivity contribution in [3.05, 3.63) is 65.2 Å². The second-order valence-electron chi connectivity index (χ2n) is 7.91. The number of ether oxygens (including phenoxy) is 3. The standard InChI is InChI=1S/C24H20N4O3/c1-15-7-9-18(10-8-15)24-16(2)23(14-27,21(28)31-24)22(12-25,13-26)20(30-24)17-5-4-6-19(11-17)29-3/h4-11,16,20,28H,1-3H3. The Morgan fingerprint density at radius 2 is 1.71 bits per heavy atom. The van der Waals surface area contributed by atoms with Crippen LogP contribution in [0, 0.1) is 63.1 Å². The number of hydrogen-bond acceptors (Lipinski definition) is 7. The molecule has 0 aliphatic carbocycles. The molecule has 7 nitrogen and oxygen atoms in total. The van der Waals surface area contributed by atoms with Gasteiger partial charge in [0.1, 0.15) is 11.9 Å². The molecule has 2 aromatic rings. The highest BCUT2D eigenvalue weighted by Crippen LogP contribution is 2.69. The molecule has 2 bridgehead atoms. The van der Waals surface area contributed by atoms with E-state index in [0.29, 0.717) is 16.9 Å². The molecule has 154 valence electrons. The van der Waals surface area contributed by atoms with E-state index in [0.717, 1.165) is 5.56 Å². The summed E-state index contributed by atoms with van der Waals surface area (Å²) in [5.41, 5.74) is -1.70. The highest BCUT2D eigenvalue weighted by Gasteiger charge is 2.79. The molecular formula is C24H20N4O3. The lowest BCUT2D eigenvalue weighted by atomic mass is 9.53. The molecule has 0 radical (unpaired) electrons. The molecule has 0 saturated carbocycles. The van der Waals surface area contributed by atoms with Gasteiger partial charge in [0.15, 0.2) is 5.41 Å². The van der Waals surface area contributed by atoms with Gasteiger partial charge in [-0.25, -0.2) is 0 Å². The molecule has 2 aliphatic rings. The van der Waals surface area contributed by atoms with Crippen LogP contribution < -0.4 is 4.74 Å². The first-order valence-electron chi connectivity index (χ1n) is 9.76. The minimum absolute atomic E-state index is 0.434. The van der Waals surface area contributed by atoms with Crippen molar-refractivity contribution in [3.8, 4) is 24.0 Å². The molecule has 2 heterocycles. The predicted molar refractivity (Wildman–Crippen MR) is 109 cm³/mol. The predicted octanol–water partition coefficient (Wildman–Crippen LogP) is 4.12. The SMILES string of the molecule is COc1cccc(C2OC3(c4ccc(C)cc4)OC(=N)C(C#N)(C3C)C2(C#N)C#N)c1. The third kappa shape index (κ3) is 2.37. The van der Waals surface area contributed by atoms with Crippen LogP contribution in [0.1, 0.15) is 29.7 Å². The maximum atomic E-state index is 10.3. The molecule has 2 saturated heterocycles. The molecule has 0 amide bonds. The Labute approximate surface area is 180 Å². The lowest BCUT2D eigenvalue weighted by molar-refractivity contribution is -0.288. The van der Waals surface area contributed by atoms with E-state index < -0.39 is 34.5 Å². The monoisotopic (exact) mass is 412 g/mol. The Kier molecular flexibility index (Phi) is 4.51. The minimum atomic E-state index is -2.00. The Hall–Kier alpha value is -3.86. The zero-order valence-corrected chi connectivity index (χ0v) is 17.3. The minimum Gasteiger partial charge on any atom is -0.497 e. The van der Waals surface area contributed by atoms with E-state index in [1.54, 1.807) is 31.2 Å². The fraction of sp³-hybridized carbons (Fsp3) is 0.333. The number of methoxy groups -OCH3 is 1. The topological polar surface area (TPSA) is 123 Å². The lowest BCUT2D eigenvalue weighted by Gasteiger charge is -2.48. The number of nitrogens with zero attached hydrogens (tertiary/aromatic N) is 3. The summed E-state index contributed by atoms with van der Waals surface area (Å²) in [7, 11) is 1.51. The highest BCUT2D eigenvalue weighted by molar-refractivity contribution is 5.89. The van der Waals surface area contributed by atoms with E-state index in [4.69, 9.17) is 19.6 Å². The van der Waals surface area contributed by atoms with Gasteiger partial charge in [0.25, 0.3) is 0 Å². The summed E-state index contributed by atoms with van der Waals surface area (Å²) in [6.07, 6.45) is -1.15. The van der Waals surface area contributed by atoms with Crippen molar-refractivity contribution in [2.24, 2.45) is 16.7 Å². The van der Waals surface area contributed by atoms with Crippen molar-refractivity contribution in [2.75, 3.05) is 7.11 Å². The third-order valence-corrected chi connectivity index (χ3v) is 6.52. The summed E-state index contributed by atoms with van der Waals surface area (Å²) in [4.78, 5) is 0. The van der Waals surface area contributed by atoms with Gasteiger partial charge in [-0.15, -0.1) is 0 Å². The van der Waals surface area contributed by atoms with E-state index in [9.17, 15) is 15.8 Å². The van der Waals surface area contributed by atoms with Crippen molar-refractivity contribution >= 4 is 5.90 Å².